The van der Waals surface area contributed by atoms with Crippen LogP contribution in [0, 0.1) is 23.7 Å². The summed E-state index contributed by atoms with van der Waals surface area (Å²) in [4.78, 5) is 0. The molecule has 2 nitrogen and oxygen atoms in total. The number of rotatable bonds is 1. The van der Waals surface area contributed by atoms with Crippen LogP contribution in [-0.4, -0.2) is 26.4 Å². The maximum atomic E-state index is 6.56. The summed E-state index contributed by atoms with van der Waals surface area (Å²) < 4.78 is 13.1. The average molecular weight is 545 g/mol. The van der Waals surface area contributed by atoms with E-state index in [1.54, 1.807) is 21.5 Å². The van der Waals surface area contributed by atoms with Crippen molar-refractivity contribution in [1.29, 1.82) is 0 Å². The van der Waals surface area contributed by atoms with E-state index in [9.17, 15) is 0 Å². The van der Waals surface area contributed by atoms with Gasteiger partial charge in [-0.25, -0.2) is 0 Å². The van der Waals surface area contributed by atoms with Crippen molar-refractivity contribution in [3.8, 4) is 22.3 Å². The standard InChI is InChI=1S/C36H41BO2Si/c1-34(2)35(3,4)39-37(38-34)25-11-12-30-27(18-25)28-20-33-29(26-9-7-8-10-32(26)40(33,5)6)19-31(28)36(30)23-14-21-13-22(16-23)17-24(36)15-21/h7-12,18-24H,13-17H2,1-6H3. The van der Waals surface area contributed by atoms with Gasteiger partial charge in [-0.05, 0) is 139 Å². The summed E-state index contributed by atoms with van der Waals surface area (Å²) in [6, 6.07) is 22.0. The van der Waals surface area contributed by atoms with Crippen LogP contribution in [0.25, 0.3) is 22.3 Å². The Morgan fingerprint density at radius 2 is 1.27 bits per heavy atom. The molecule has 40 heavy (non-hydrogen) atoms. The third-order valence-corrected chi connectivity index (χ3v) is 16.4. The van der Waals surface area contributed by atoms with Crippen LogP contribution in [0.1, 0.15) is 70.9 Å². The van der Waals surface area contributed by atoms with E-state index in [1.165, 1.54) is 59.8 Å². The highest BCUT2D eigenvalue weighted by Gasteiger charge is 2.62. The summed E-state index contributed by atoms with van der Waals surface area (Å²) in [6.45, 7) is 13.7. The van der Waals surface area contributed by atoms with E-state index in [0.29, 0.717) is 0 Å². The zero-order chi connectivity index (χ0) is 27.4. The van der Waals surface area contributed by atoms with Crippen molar-refractivity contribution in [2.75, 3.05) is 0 Å². The molecule has 5 aliphatic carbocycles. The van der Waals surface area contributed by atoms with Gasteiger partial charge in [0.25, 0.3) is 0 Å². The summed E-state index contributed by atoms with van der Waals surface area (Å²) in [5, 5.41) is 3.24. The topological polar surface area (TPSA) is 18.5 Å². The van der Waals surface area contributed by atoms with E-state index in [4.69, 9.17) is 9.31 Å². The molecule has 10 rings (SSSR count). The lowest BCUT2D eigenvalue weighted by atomic mass is 9.43. The largest absolute Gasteiger partial charge is 0.494 e. The Bertz CT molecular complexity index is 1570. The Morgan fingerprint density at radius 1 is 0.650 bits per heavy atom. The third kappa shape index (κ3) is 2.80. The number of hydrogen-bond donors (Lipinski definition) is 0. The average Bonchev–Trinajstić information content (AvgIpc) is 3.41. The molecule has 0 unspecified atom stereocenters. The van der Waals surface area contributed by atoms with E-state index >= 15 is 0 Å². The lowest BCUT2D eigenvalue weighted by Crippen LogP contribution is -2.55. The van der Waals surface area contributed by atoms with E-state index in [0.717, 1.165) is 23.7 Å². The van der Waals surface area contributed by atoms with Crippen molar-refractivity contribution in [3.05, 3.63) is 65.7 Å². The molecule has 4 bridgehead atoms. The Hall–Kier alpha value is -2.14. The number of benzene rings is 3. The first kappa shape index (κ1) is 24.5. The van der Waals surface area contributed by atoms with E-state index in [1.807, 2.05) is 0 Å². The van der Waals surface area contributed by atoms with Crippen molar-refractivity contribution >= 4 is 31.0 Å². The van der Waals surface area contributed by atoms with Crippen LogP contribution >= 0.6 is 0 Å². The molecule has 4 heteroatoms. The highest BCUT2D eigenvalue weighted by Crippen LogP contribution is 2.69. The molecule has 2 aliphatic heterocycles. The van der Waals surface area contributed by atoms with E-state index in [-0.39, 0.29) is 23.7 Å². The zero-order valence-corrected chi connectivity index (χ0v) is 25.9. The van der Waals surface area contributed by atoms with Gasteiger partial charge in [0.1, 0.15) is 8.07 Å². The second-order valence-corrected chi connectivity index (χ2v) is 20.0. The minimum Gasteiger partial charge on any atom is -0.399 e. The maximum absolute atomic E-state index is 6.56. The van der Waals surface area contributed by atoms with Crippen LogP contribution in [0.5, 0.6) is 0 Å². The molecule has 0 N–H and O–H groups in total. The SMILES string of the molecule is CC1(C)OB(c2ccc3c(c2)-c2cc4c(cc2C32C3CC5CC(C3)CC2C5)-c2ccccc2[Si]4(C)C)OC1(C)C. The van der Waals surface area contributed by atoms with Gasteiger partial charge >= 0.3 is 7.12 Å². The normalized spacial score (nSPS) is 34.2. The fourth-order valence-electron chi connectivity index (χ4n) is 10.5. The van der Waals surface area contributed by atoms with Crippen LogP contribution in [0.3, 0.4) is 0 Å². The molecular formula is C36H41BO2Si. The number of fused-ring (bicyclic) bond motifs is 6. The van der Waals surface area contributed by atoms with E-state index < -0.39 is 8.07 Å². The van der Waals surface area contributed by atoms with Crippen LogP contribution in [0.15, 0.2) is 54.6 Å². The van der Waals surface area contributed by atoms with Gasteiger partial charge in [-0.15, -0.1) is 0 Å². The Kier molecular flexibility index (Phi) is 4.55. The molecule has 204 valence electrons. The first-order valence-electron chi connectivity index (χ1n) is 15.8. The summed E-state index contributed by atoms with van der Waals surface area (Å²) in [7, 11) is -2.09. The molecule has 3 aromatic rings. The van der Waals surface area contributed by atoms with Gasteiger partial charge in [0, 0.05) is 5.41 Å². The van der Waals surface area contributed by atoms with Gasteiger partial charge < -0.3 is 9.31 Å². The van der Waals surface area contributed by atoms with Gasteiger partial charge in [-0.2, -0.15) is 0 Å². The summed E-state index contributed by atoms with van der Waals surface area (Å²) in [6.07, 6.45) is 7.15. The number of hydrogen-bond acceptors (Lipinski definition) is 2. The predicted octanol–water partition coefficient (Wildman–Crippen LogP) is 6.51. The molecule has 0 aromatic heterocycles. The minimum absolute atomic E-state index is 0.171. The van der Waals surface area contributed by atoms with Gasteiger partial charge in [0.15, 0.2) is 0 Å². The first-order valence-corrected chi connectivity index (χ1v) is 18.8. The van der Waals surface area contributed by atoms with Gasteiger partial charge in [0.05, 0.1) is 11.2 Å². The molecular weight excluding hydrogens is 503 g/mol. The quantitative estimate of drug-likeness (QED) is 0.325. The summed E-state index contributed by atoms with van der Waals surface area (Å²) in [5.41, 5.74) is 9.98. The van der Waals surface area contributed by atoms with Crippen LogP contribution in [0.4, 0.5) is 0 Å². The highest BCUT2D eigenvalue weighted by atomic mass is 28.3. The molecule has 1 saturated heterocycles. The van der Waals surface area contributed by atoms with Crippen molar-refractivity contribution in [2.45, 2.75) is 89.5 Å². The summed E-state index contributed by atoms with van der Waals surface area (Å²) in [5.74, 6) is 3.44. The smallest absolute Gasteiger partial charge is 0.399 e. The Balaban J connectivity index is 1.28. The molecule has 0 amide bonds. The fraction of sp³-hybridized carbons (Fsp3) is 0.500. The zero-order valence-electron chi connectivity index (χ0n) is 24.9. The second-order valence-electron chi connectivity index (χ2n) is 15.7. The molecule has 0 atom stereocenters. The predicted molar refractivity (Wildman–Crippen MR) is 168 cm³/mol. The van der Waals surface area contributed by atoms with Crippen LogP contribution in [0.2, 0.25) is 13.1 Å². The van der Waals surface area contributed by atoms with Gasteiger partial charge in [-0.1, -0.05) is 61.6 Å². The van der Waals surface area contributed by atoms with Crippen molar-refractivity contribution in [2.24, 2.45) is 23.7 Å². The molecule has 7 aliphatic rings. The monoisotopic (exact) mass is 544 g/mol. The van der Waals surface area contributed by atoms with Crippen molar-refractivity contribution in [1.82, 2.24) is 0 Å². The highest BCUT2D eigenvalue weighted by molar-refractivity contribution is 7.03. The molecule has 1 spiro atoms. The third-order valence-electron chi connectivity index (χ3n) is 12.9. The molecule has 3 aromatic carbocycles. The van der Waals surface area contributed by atoms with Gasteiger partial charge in [-0.3, -0.25) is 0 Å². The van der Waals surface area contributed by atoms with Crippen LogP contribution < -0.4 is 15.8 Å². The van der Waals surface area contributed by atoms with Crippen LogP contribution in [-0.2, 0) is 14.7 Å². The van der Waals surface area contributed by atoms with E-state index in [2.05, 4.69) is 95.4 Å². The molecule has 0 radical (unpaired) electrons. The molecule has 2 heterocycles. The first-order chi connectivity index (χ1) is 19.0. The Morgan fingerprint density at radius 3 is 1.95 bits per heavy atom. The Labute approximate surface area is 241 Å². The lowest BCUT2D eigenvalue weighted by Gasteiger charge is -2.61. The molecule has 4 saturated carbocycles. The maximum Gasteiger partial charge on any atom is 0.494 e. The second kappa shape index (κ2) is 7.43. The van der Waals surface area contributed by atoms with Gasteiger partial charge in [0.2, 0.25) is 0 Å². The fourth-order valence-corrected chi connectivity index (χ4v) is 13.6. The summed E-state index contributed by atoms with van der Waals surface area (Å²) >= 11 is 0. The minimum atomic E-state index is -1.77. The van der Waals surface area contributed by atoms with Crippen molar-refractivity contribution < 1.29 is 9.31 Å². The van der Waals surface area contributed by atoms with Crippen molar-refractivity contribution in [3.63, 3.8) is 0 Å². The molecule has 5 fully saturated rings. The lowest BCUT2D eigenvalue weighted by molar-refractivity contribution is -0.0399.